The lowest BCUT2D eigenvalue weighted by molar-refractivity contribution is 0.00578. The summed E-state index contributed by atoms with van der Waals surface area (Å²) in [5.41, 5.74) is -0.516. The Kier molecular flexibility index (Phi) is 6.44. The summed E-state index contributed by atoms with van der Waals surface area (Å²) in [7, 11) is -0.134. The second kappa shape index (κ2) is 7.20. The van der Waals surface area contributed by atoms with Crippen LogP contribution in [0.5, 0.6) is 0 Å². The summed E-state index contributed by atoms with van der Waals surface area (Å²) in [5, 5.41) is 0. The number of hydrogen-bond acceptors (Lipinski definition) is 2. The van der Waals surface area contributed by atoms with Gasteiger partial charge in [-0.25, -0.2) is 0 Å². The summed E-state index contributed by atoms with van der Waals surface area (Å²) in [5.74, 6) is 5.71. The van der Waals surface area contributed by atoms with Crippen LogP contribution in [-0.4, -0.2) is 18.3 Å². The molecule has 132 valence electrons. The Hall–Kier alpha value is -0.455. The van der Waals surface area contributed by atoms with E-state index in [-0.39, 0.29) is 18.3 Å². The number of hydrogen-bond donors (Lipinski definition) is 0. The van der Waals surface area contributed by atoms with Crippen molar-refractivity contribution in [3.63, 3.8) is 0 Å². The van der Waals surface area contributed by atoms with Gasteiger partial charge in [0.05, 0.1) is 11.2 Å². The molecule has 0 unspecified atom stereocenters. The molecule has 0 amide bonds. The lowest BCUT2D eigenvalue weighted by Crippen LogP contribution is -2.41. The highest BCUT2D eigenvalue weighted by atomic mass is 16.7. The van der Waals surface area contributed by atoms with Crippen LogP contribution in [0.3, 0.4) is 0 Å². The predicted octanol–water partition coefficient (Wildman–Crippen LogP) is 5.28. The van der Waals surface area contributed by atoms with E-state index < -0.39 is 0 Å². The average molecular weight is 320 g/mol. The standard InChI is InChI=1S/C20H37BO2/c1-12-13(2)14(3)15(4)16(5)17(6)18(7)21-22-19(8,9)20(10,11)23-21/h1,13-18H,2-11H3/t13-,14+,15-,16+,17-,18+/m0/s1. The van der Waals surface area contributed by atoms with E-state index in [4.69, 9.17) is 15.7 Å². The van der Waals surface area contributed by atoms with Gasteiger partial charge in [-0.05, 0) is 57.2 Å². The van der Waals surface area contributed by atoms with Crippen molar-refractivity contribution in [1.29, 1.82) is 0 Å². The van der Waals surface area contributed by atoms with E-state index in [2.05, 4.69) is 75.2 Å². The third kappa shape index (κ3) is 4.15. The van der Waals surface area contributed by atoms with Gasteiger partial charge in [-0.2, -0.15) is 0 Å². The fraction of sp³-hybridized carbons (Fsp3) is 0.900. The Bertz CT molecular complexity index is 421. The van der Waals surface area contributed by atoms with Crippen molar-refractivity contribution in [3.05, 3.63) is 0 Å². The zero-order chi connectivity index (χ0) is 18.2. The SMILES string of the molecule is C#C[C@H](C)[C@@H](C)[C@H](C)[C@@H](C)[C@H](C)[C@@H](C)B1OC(C)(C)C(C)(C)O1. The third-order valence-corrected chi connectivity index (χ3v) is 7.07. The summed E-state index contributed by atoms with van der Waals surface area (Å²) in [4.78, 5) is 0. The molecule has 0 saturated carbocycles. The minimum absolute atomic E-state index is 0.134. The monoisotopic (exact) mass is 320 g/mol. The zero-order valence-corrected chi connectivity index (χ0v) is 16.9. The first-order valence-electron chi connectivity index (χ1n) is 9.17. The molecule has 0 radical (unpaired) electrons. The maximum atomic E-state index is 6.25. The van der Waals surface area contributed by atoms with Gasteiger partial charge in [0.15, 0.2) is 0 Å². The van der Waals surface area contributed by atoms with Crippen molar-refractivity contribution in [2.75, 3.05) is 0 Å². The van der Waals surface area contributed by atoms with Gasteiger partial charge in [0.2, 0.25) is 0 Å². The molecule has 0 bridgehead atoms. The summed E-state index contributed by atoms with van der Waals surface area (Å²) in [6.45, 7) is 22.2. The summed E-state index contributed by atoms with van der Waals surface area (Å²) < 4.78 is 12.5. The molecular formula is C20H37BO2. The molecular weight excluding hydrogens is 283 g/mol. The Labute approximate surface area is 145 Å². The molecule has 0 aromatic carbocycles. The van der Waals surface area contributed by atoms with Crippen LogP contribution in [0.15, 0.2) is 0 Å². The molecule has 0 aromatic heterocycles. The molecule has 0 N–H and O–H groups in total. The highest BCUT2D eigenvalue weighted by molar-refractivity contribution is 6.47. The molecule has 23 heavy (non-hydrogen) atoms. The second-order valence-electron chi connectivity index (χ2n) is 8.88. The zero-order valence-electron chi connectivity index (χ0n) is 16.9. The molecule has 1 aliphatic heterocycles. The van der Waals surface area contributed by atoms with Gasteiger partial charge in [0, 0.05) is 5.92 Å². The molecule has 0 aromatic rings. The maximum Gasteiger partial charge on any atom is 0.461 e. The topological polar surface area (TPSA) is 18.5 Å². The number of rotatable bonds is 6. The van der Waals surface area contributed by atoms with E-state index >= 15 is 0 Å². The molecule has 0 aliphatic carbocycles. The van der Waals surface area contributed by atoms with Crippen LogP contribution in [-0.2, 0) is 9.31 Å². The van der Waals surface area contributed by atoms with E-state index in [0.29, 0.717) is 35.4 Å². The lowest BCUT2D eigenvalue weighted by atomic mass is 9.60. The van der Waals surface area contributed by atoms with Crippen LogP contribution in [0.2, 0.25) is 5.82 Å². The van der Waals surface area contributed by atoms with Crippen LogP contribution < -0.4 is 0 Å². The minimum Gasteiger partial charge on any atom is -0.403 e. The van der Waals surface area contributed by atoms with Gasteiger partial charge >= 0.3 is 7.12 Å². The van der Waals surface area contributed by atoms with Crippen LogP contribution in [0.1, 0.15) is 69.2 Å². The highest BCUT2D eigenvalue weighted by Crippen LogP contribution is 2.44. The molecule has 1 rings (SSSR count). The quantitative estimate of drug-likeness (QED) is 0.489. The summed E-state index contributed by atoms with van der Waals surface area (Å²) in [6, 6.07) is 0. The smallest absolute Gasteiger partial charge is 0.403 e. The van der Waals surface area contributed by atoms with Crippen molar-refractivity contribution < 1.29 is 9.31 Å². The Morgan fingerprint density at radius 2 is 1.13 bits per heavy atom. The van der Waals surface area contributed by atoms with E-state index in [0.717, 1.165) is 0 Å². The second-order valence-corrected chi connectivity index (χ2v) is 8.88. The van der Waals surface area contributed by atoms with E-state index in [1.807, 2.05) is 0 Å². The molecule has 1 saturated heterocycles. The Balaban J connectivity index is 2.77. The first-order valence-corrected chi connectivity index (χ1v) is 9.17. The highest BCUT2D eigenvalue weighted by Gasteiger charge is 2.54. The van der Waals surface area contributed by atoms with E-state index in [1.54, 1.807) is 0 Å². The van der Waals surface area contributed by atoms with Crippen molar-refractivity contribution >= 4 is 7.12 Å². The van der Waals surface area contributed by atoms with Gasteiger partial charge in [-0.15, -0.1) is 12.3 Å². The van der Waals surface area contributed by atoms with Crippen LogP contribution in [0, 0.1) is 41.9 Å². The van der Waals surface area contributed by atoms with E-state index in [1.165, 1.54) is 0 Å². The van der Waals surface area contributed by atoms with Gasteiger partial charge in [-0.3, -0.25) is 0 Å². The molecule has 6 atom stereocenters. The van der Waals surface area contributed by atoms with E-state index in [9.17, 15) is 0 Å². The van der Waals surface area contributed by atoms with Gasteiger partial charge in [0.25, 0.3) is 0 Å². The predicted molar refractivity (Wildman–Crippen MR) is 100 cm³/mol. The first-order chi connectivity index (χ1) is 10.4. The van der Waals surface area contributed by atoms with Crippen molar-refractivity contribution in [2.24, 2.45) is 29.6 Å². The number of terminal acetylenes is 1. The molecule has 3 heteroatoms. The van der Waals surface area contributed by atoms with Gasteiger partial charge < -0.3 is 9.31 Å². The fourth-order valence-corrected chi connectivity index (χ4v) is 3.39. The third-order valence-electron chi connectivity index (χ3n) is 7.07. The van der Waals surface area contributed by atoms with Crippen molar-refractivity contribution in [3.8, 4) is 12.3 Å². The molecule has 1 fully saturated rings. The summed E-state index contributed by atoms with van der Waals surface area (Å²) in [6.07, 6.45) is 5.62. The first kappa shape index (κ1) is 20.6. The average Bonchev–Trinajstić information content (AvgIpc) is 2.70. The molecule has 1 heterocycles. The fourth-order valence-electron chi connectivity index (χ4n) is 3.39. The van der Waals surface area contributed by atoms with Crippen LogP contribution in [0.25, 0.3) is 0 Å². The van der Waals surface area contributed by atoms with Crippen LogP contribution >= 0.6 is 0 Å². The van der Waals surface area contributed by atoms with Gasteiger partial charge in [0.1, 0.15) is 0 Å². The Morgan fingerprint density at radius 3 is 1.52 bits per heavy atom. The van der Waals surface area contributed by atoms with Gasteiger partial charge in [-0.1, -0.05) is 41.5 Å². The molecule has 0 spiro atoms. The summed E-state index contributed by atoms with van der Waals surface area (Å²) >= 11 is 0. The van der Waals surface area contributed by atoms with Crippen LogP contribution in [0.4, 0.5) is 0 Å². The van der Waals surface area contributed by atoms with Crippen molar-refractivity contribution in [2.45, 2.75) is 86.3 Å². The lowest BCUT2D eigenvalue weighted by Gasteiger charge is -2.35. The van der Waals surface area contributed by atoms with Crippen molar-refractivity contribution in [1.82, 2.24) is 0 Å². The molecule has 2 nitrogen and oxygen atoms in total. The molecule has 1 aliphatic rings. The largest absolute Gasteiger partial charge is 0.461 e. The normalized spacial score (nSPS) is 27.6. The minimum atomic E-state index is -0.258. The Morgan fingerprint density at radius 1 is 0.739 bits per heavy atom. The maximum absolute atomic E-state index is 6.25.